The average Bonchev–Trinajstić information content (AvgIpc) is 3.36. The molecule has 2 aromatic rings. The molecule has 3 aliphatic rings. The molecule has 0 atom stereocenters. The van der Waals surface area contributed by atoms with Crippen LogP contribution < -0.4 is 14.8 Å². The Morgan fingerprint density at radius 1 is 0.964 bits per heavy atom. The molecule has 0 aromatic heterocycles. The Bertz CT molecular complexity index is 1000. The van der Waals surface area contributed by atoms with Gasteiger partial charge in [0.1, 0.15) is 0 Å². The zero-order valence-corrected chi connectivity index (χ0v) is 16.4. The van der Waals surface area contributed by atoms with Gasteiger partial charge in [0, 0.05) is 45.0 Å². The molecule has 0 amide bonds. The van der Waals surface area contributed by atoms with Crippen molar-refractivity contribution in [2.45, 2.75) is 17.9 Å². The summed E-state index contributed by atoms with van der Waals surface area (Å²) in [6.45, 7) is 4.34. The zero-order valence-electron chi connectivity index (χ0n) is 15.6. The van der Waals surface area contributed by atoms with E-state index in [1.165, 1.54) is 0 Å². The van der Waals surface area contributed by atoms with E-state index in [1.54, 1.807) is 10.4 Å². The van der Waals surface area contributed by atoms with Gasteiger partial charge in [-0.1, -0.05) is 6.07 Å². The minimum absolute atomic E-state index is 0.272. The van der Waals surface area contributed by atoms with E-state index < -0.39 is 10.0 Å². The maximum atomic E-state index is 13.0. The highest BCUT2D eigenvalue weighted by Gasteiger charge is 2.29. The number of benzene rings is 2. The second-order valence-electron chi connectivity index (χ2n) is 7.36. The minimum atomic E-state index is -3.45. The summed E-state index contributed by atoms with van der Waals surface area (Å²) in [5, 5.41) is 3.27. The van der Waals surface area contributed by atoms with Crippen LogP contribution in [0, 0.1) is 0 Å². The molecule has 1 N–H and O–H groups in total. The number of hydrogen-bond donors (Lipinski definition) is 1. The van der Waals surface area contributed by atoms with E-state index in [0.717, 1.165) is 47.8 Å². The Balaban J connectivity index is 1.24. The first-order valence-corrected chi connectivity index (χ1v) is 11.0. The first-order valence-electron chi connectivity index (χ1n) is 9.57. The number of ether oxygens (including phenoxy) is 2. The number of anilines is 1. The third-order valence-electron chi connectivity index (χ3n) is 5.60. The second-order valence-corrected chi connectivity index (χ2v) is 9.30. The maximum Gasteiger partial charge on any atom is 0.243 e. The van der Waals surface area contributed by atoms with Crippen LogP contribution in [0.1, 0.15) is 11.1 Å². The molecule has 1 saturated heterocycles. The summed E-state index contributed by atoms with van der Waals surface area (Å²) in [5.74, 6) is 1.56. The van der Waals surface area contributed by atoms with E-state index >= 15 is 0 Å². The van der Waals surface area contributed by atoms with Gasteiger partial charge < -0.3 is 14.8 Å². The summed E-state index contributed by atoms with van der Waals surface area (Å²) < 4.78 is 38.5. The number of nitrogens with one attached hydrogen (secondary N) is 1. The predicted octanol–water partition coefficient (Wildman–Crippen LogP) is 1.89. The van der Waals surface area contributed by atoms with Gasteiger partial charge in [0.15, 0.2) is 11.5 Å². The first kappa shape index (κ1) is 17.8. The summed E-state index contributed by atoms with van der Waals surface area (Å²) in [6.07, 6.45) is 0.877. The second kappa shape index (κ2) is 6.95. The molecule has 3 aliphatic heterocycles. The normalized spacial score (nSPS) is 19.4. The Kier molecular flexibility index (Phi) is 4.41. The van der Waals surface area contributed by atoms with Crippen LogP contribution in [0.5, 0.6) is 11.5 Å². The van der Waals surface area contributed by atoms with Gasteiger partial charge >= 0.3 is 0 Å². The van der Waals surface area contributed by atoms with Crippen LogP contribution in [0.4, 0.5) is 5.69 Å². The minimum Gasteiger partial charge on any atom is -0.454 e. The molecular weight excluding hydrogens is 378 g/mol. The van der Waals surface area contributed by atoms with E-state index in [0.29, 0.717) is 31.1 Å². The largest absolute Gasteiger partial charge is 0.454 e. The lowest BCUT2D eigenvalue weighted by Gasteiger charge is -2.34. The third-order valence-corrected chi connectivity index (χ3v) is 7.49. The molecule has 1 fully saturated rings. The molecule has 0 spiro atoms. The van der Waals surface area contributed by atoms with Gasteiger partial charge in [0.25, 0.3) is 0 Å². The lowest BCUT2D eigenvalue weighted by molar-refractivity contribution is 0.173. The molecule has 7 nitrogen and oxygen atoms in total. The molecule has 0 aliphatic carbocycles. The van der Waals surface area contributed by atoms with Crippen molar-refractivity contribution in [3.63, 3.8) is 0 Å². The Morgan fingerprint density at radius 3 is 2.64 bits per heavy atom. The van der Waals surface area contributed by atoms with Crippen molar-refractivity contribution >= 4 is 15.7 Å². The number of piperazine rings is 1. The van der Waals surface area contributed by atoms with Crippen LogP contribution in [-0.4, -0.2) is 57.1 Å². The molecule has 0 bridgehead atoms. The van der Waals surface area contributed by atoms with Crippen molar-refractivity contribution in [2.75, 3.05) is 44.8 Å². The maximum absolute atomic E-state index is 13.0. The van der Waals surface area contributed by atoms with Crippen molar-refractivity contribution in [1.82, 2.24) is 9.21 Å². The summed E-state index contributed by atoms with van der Waals surface area (Å²) in [6, 6.07) is 11.4. The standard InChI is InChI=1S/C20H23N3O4S/c24-28(25,17-2-3-18-16(12-17)5-6-21-18)23-9-7-22(8-10-23)13-15-1-4-19-20(11-15)27-14-26-19/h1-4,11-12,21H,5-10,13-14H2. The number of rotatable bonds is 4. The highest BCUT2D eigenvalue weighted by molar-refractivity contribution is 7.89. The summed E-state index contributed by atoms with van der Waals surface area (Å²) in [7, 11) is -3.45. The average molecular weight is 401 g/mol. The van der Waals surface area contributed by atoms with E-state index in [9.17, 15) is 8.42 Å². The van der Waals surface area contributed by atoms with Crippen molar-refractivity contribution in [1.29, 1.82) is 0 Å². The summed E-state index contributed by atoms with van der Waals surface area (Å²) in [4.78, 5) is 2.68. The number of hydrogen-bond acceptors (Lipinski definition) is 6. The van der Waals surface area contributed by atoms with Crippen LogP contribution in [0.3, 0.4) is 0 Å². The van der Waals surface area contributed by atoms with Crippen LogP contribution >= 0.6 is 0 Å². The molecule has 28 heavy (non-hydrogen) atoms. The lowest BCUT2D eigenvalue weighted by Crippen LogP contribution is -2.48. The van der Waals surface area contributed by atoms with Crippen molar-refractivity contribution in [2.24, 2.45) is 0 Å². The Labute approximate surface area is 164 Å². The summed E-state index contributed by atoms with van der Waals surface area (Å²) >= 11 is 0. The van der Waals surface area contributed by atoms with Crippen molar-refractivity contribution in [3.05, 3.63) is 47.5 Å². The summed E-state index contributed by atoms with van der Waals surface area (Å²) in [5.41, 5.74) is 3.28. The van der Waals surface area contributed by atoms with Gasteiger partial charge in [-0.3, -0.25) is 4.90 Å². The molecule has 2 aromatic carbocycles. The lowest BCUT2D eigenvalue weighted by atomic mass is 10.2. The Hall–Kier alpha value is -2.29. The molecule has 0 saturated carbocycles. The van der Waals surface area contributed by atoms with Gasteiger partial charge in [-0.15, -0.1) is 0 Å². The molecule has 0 radical (unpaired) electrons. The molecular formula is C20H23N3O4S. The van der Waals surface area contributed by atoms with Gasteiger partial charge in [-0.05, 0) is 47.9 Å². The van der Waals surface area contributed by atoms with Gasteiger partial charge in [0.2, 0.25) is 16.8 Å². The smallest absolute Gasteiger partial charge is 0.243 e. The highest BCUT2D eigenvalue weighted by Crippen LogP contribution is 2.33. The topological polar surface area (TPSA) is 71.1 Å². The molecule has 8 heteroatoms. The van der Waals surface area contributed by atoms with Gasteiger partial charge in [-0.2, -0.15) is 4.31 Å². The van der Waals surface area contributed by atoms with E-state index in [1.807, 2.05) is 30.3 Å². The van der Waals surface area contributed by atoms with Crippen molar-refractivity contribution < 1.29 is 17.9 Å². The molecule has 0 unspecified atom stereocenters. The number of fused-ring (bicyclic) bond motifs is 2. The van der Waals surface area contributed by atoms with Crippen LogP contribution in [-0.2, 0) is 23.0 Å². The van der Waals surface area contributed by atoms with Gasteiger partial charge in [0.05, 0.1) is 4.90 Å². The zero-order chi connectivity index (χ0) is 19.1. The fraction of sp³-hybridized carbons (Fsp3) is 0.400. The van der Waals surface area contributed by atoms with Crippen LogP contribution in [0.25, 0.3) is 0 Å². The molecule has 5 rings (SSSR count). The van der Waals surface area contributed by atoms with E-state index in [-0.39, 0.29) is 6.79 Å². The Morgan fingerprint density at radius 2 is 1.79 bits per heavy atom. The van der Waals surface area contributed by atoms with Crippen LogP contribution in [0.15, 0.2) is 41.3 Å². The van der Waals surface area contributed by atoms with Crippen LogP contribution in [0.2, 0.25) is 0 Å². The molecule has 3 heterocycles. The number of nitrogens with zero attached hydrogens (tertiary/aromatic N) is 2. The SMILES string of the molecule is O=S(=O)(c1ccc2c(c1)CCN2)N1CCN(Cc2ccc3c(c2)OCO3)CC1. The molecule has 148 valence electrons. The highest BCUT2D eigenvalue weighted by atomic mass is 32.2. The monoisotopic (exact) mass is 401 g/mol. The van der Waals surface area contributed by atoms with E-state index in [4.69, 9.17) is 9.47 Å². The predicted molar refractivity (Wildman–Crippen MR) is 105 cm³/mol. The quantitative estimate of drug-likeness (QED) is 0.844. The third kappa shape index (κ3) is 3.21. The fourth-order valence-electron chi connectivity index (χ4n) is 4.02. The first-order chi connectivity index (χ1) is 13.6. The van der Waals surface area contributed by atoms with Crippen molar-refractivity contribution in [3.8, 4) is 11.5 Å². The van der Waals surface area contributed by atoms with Gasteiger partial charge in [-0.25, -0.2) is 8.42 Å². The number of sulfonamides is 1. The van der Waals surface area contributed by atoms with E-state index in [2.05, 4.69) is 10.2 Å². The fourth-order valence-corrected chi connectivity index (χ4v) is 5.49.